The van der Waals surface area contributed by atoms with E-state index in [1.54, 1.807) is 13.2 Å². The first-order valence-corrected chi connectivity index (χ1v) is 5.15. The molecule has 1 aromatic heterocycles. The number of rotatable bonds is 2. The molecule has 78 valence electrons. The molecule has 5 heteroatoms. The van der Waals surface area contributed by atoms with E-state index >= 15 is 0 Å². The average Bonchev–Trinajstić information content (AvgIpc) is 2.64. The number of hydrogen-bond acceptors (Lipinski definition) is 3. The molecule has 0 bridgehead atoms. The third-order valence-electron chi connectivity index (χ3n) is 2.06. The van der Waals surface area contributed by atoms with Crippen LogP contribution in [0.15, 0.2) is 28.7 Å². The SMILES string of the molecule is COc1ccc(-c2cc(N)n[nH]2)c(Br)c1. The zero-order valence-electron chi connectivity index (χ0n) is 8.12. The molecule has 0 saturated carbocycles. The second-order valence-corrected chi connectivity index (χ2v) is 3.91. The normalized spacial score (nSPS) is 10.3. The number of halogens is 1. The van der Waals surface area contributed by atoms with Crippen molar-refractivity contribution in [1.82, 2.24) is 10.2 Å². The Labute approximate surface area is 95.6 Å². The van der Waals surface area contributed by atoms with E-state index in [0.29, 0.717) is 5.82 Å². The number of nitrogens with zero attached hydrogens (tertiary/aromatic N) is 1. The van der Waals surface area contributed by atoms with E-state index in [0.717, 1.165) is 21.5 Å². The van der Waals surface area contributed by atoms with Crippen LogP contribution in [0.2, 0.25) is 0 Å². The van der Waals surface area contributed by atoms with Crippen molar-refractivity contribution in [2.75, 3.05) is 12.8 Å². The van der Waals surface area contributed by atoms with Gasteiger partial charge in [0.2, 0.25) is 0 Å². The molecule has 3 N–H and O–H groups in total. The number of methoxy groups -OCH3 is 1. The van der Waals surface area contributed by atoms with Gasteiger partial charge in [-0.3, -0.25) is 5.10 Å². The van der Waals surface area contributed by atoms with Gasteiger partial charge >= 0.3 is 0 Å². The van der Waals surface area contributed by atoms with Crippen LogP contribution < -0.4 is 10.5 Å². The average molecular weight is 268 g/mol. The Morgan fingerprint density at radius 3 is 2.73 bits per heavy atom. The first-order valence-electron chi connectivity index (χ1n) is 4.35. The molecule has 4 nitrogen and oxygen atoms in total. The van der Waals surface area contributed by atoms with Crippen molar-refractivity contribution in [2.24, 2.45) is 0 Å². The standard InChI is InChI=1S/C10H10BrN3O/c1-15-6-2-3-7(8(11)4-6)9-5-10(12)14-13-9/h2-5H,1H3,(H3,12,13,14). The fourth-order valence-corrected chi connectivity index (χ4v) is 1.89. The van der Waals surface area contributed by atoms with Crippen LogP contribution in [0.25, 0.3) is 11.3 Å². The van der Waals surface area contributed by atoms with Crippen molar-refractivity contribution >= 4 is 21.7 Å². The fraction of sp³-hybridized carbons (Fsp3) is 0.100. The molecule has 2 rings (SSSR count). The summed E-state index contributed by atoms with van der Waals surface area (Å²) < 4.78 is 6.05. The molecule has 0 aliphatic heterocycles. The molecule has 0 radical (unpaired) electrons. The predicted octanol–water partition coefficient (Wildman–Crippen LogP) is 2.43. The number of aromatic amines is 1. The Hall–Kier alpha value is -1.49. The van der Waals surface area contributed by atoms with Crippen LogP contribution in [0.5, 0.6) is 5.75 Å². The third-order valence-corrected chi connectivity index (χ3v) is 2.72. The molecule has 0 amide bonds. The van der Waals surface area contributed by atoms with Crippen molar-refractivity contribution in [3.05, 3.63) is 28.7 Å². The number of anilines is 1. The van der Waals surface area contributed by atoms with Crippen LogP contribution in [-0.2, 0) is 0 Å². The van der Waals surface area contributed by atoms with Gasteiger partial charge < -0.3 is 10.5 Å². The molecular weight excluding hydrogens is 258 g/mol. The summed E-state index contributed by atoms with van der Waals surface area (Å²) in [5, 5.41) is 6.73. The summed E-state index contributed by atoms with van der Waals surface area (Å²) in [4.78, 5) is 0. The van der Waals surface area contributed by atoms with Crippen LogP contribution in [0, 0.1) is 0 Å². The number of nitrogen functional groups attached to an aromatic ring is 1. The Morgan fingerprint density at radius 1 is 1.40 bits per heavy atom. The lowest BCUT2D eigenvalue weighted by molar-refractivity contribution is 0.414. The molecule has 1 heterocycles. The van der Waals surface area contributed by atoms with Crippen molar-refractivity contribution < 1.29 is 4.74 Å². The van der Waals surface area contributed by atoms with Gasteiger partial charge in [-0.1, -0.05) is 0 Å². The lowest BCUT2D eigenvalue weighted by atomic mass is 10.1. The van der Waals surface area contributed by atoms with Gasteiger partial charge in [0.25, 0.3) is 0 Å². The van der Waals surface area contributed by atoms with E-state index in [2.05, 4.69) is 26.1 Å². The predicted molar refractivity (Wildman–Crippen MR) is 62.7 cm³/mol. The van der Waals surface area contributed by atoms with E-state index in [1.165, 1.54) is 0 Å². The molecule has 2 aromatic rings. The molecule has 0 aliphatic rings. The van der Waals surface area contributed by atoms with Gasteiger partial charge in [0.1, 0.15) is 11.6 Å². The molecule has 0 spiro atoms. The minimum atomic E-state index is 0.479. The van der Waals surface area contributed by atoms with E-state index in [4.69, 9.17) is 10.5 Å². The van der Waals surface area contributed by atoms with E-state index in [1.807, 2.05) is 18.2 Å². The maximum Gasteiger partial charge on any atom is 0.145 e. The molecule has 0 atom stereocenters. The lowest BCUT2D eigenvalue weighted by Gasteiger charge is -2.04. The topological polar surface area (TPSA) is 63.9 Å². The highest BCUT2D eigenvalue weighted by molar-refractivity contribution is 9.10. The van der Waals surface area contributed by atoms with Crippen LogP contribution >= 0.6 is 15.9 Å². The van der Waals surface area contributed by atoms with Gasteiger partial charge in [-0.2, -0.15) is 5.10 Å². The second kappa shape index (κ2) is 3.94. The van der Waals surface area contributed by atoms with Gasteiger partial charge in [-0.05, 0) is 34.1 Å². The van der Waals surface area contributed by atoms with E-state index in [9.17, 15) is 0 Å². The number of nitrogens with one attached hydrogen (secondary N) is 1. The Bertz CT molecular complexity index is 481. The largest absolute Gasteiger partial charge is 0.497 e. The minimum absolute atomic E-state index is 0.479. The fourth-order valence-electron chi connectivity index (χ4n) is 1.32. The Kier molecular flexibility index (Phi) is 2.64. The van der Waals surface area contributed by atoms with E-state index < -0.39 is 0 Å². The number of H-pyrrole nitrogens is 1. The van der Waals surface area contributed by atoms with Crippen molar-refractivity contribution in [3.63, 3.8) is 0 Å². The van der Waals surface area contributed by atoms with Crippen molar-refractivity contribution in [2.45, 2.75) is 0 Å². The van der Waals surface area contributed by atoms with Crippen molar-refractivity contribution in [1.29, 1.82) is 0 Å². The number of ether oxygens (including phenoxy) is 1. The summed E-state index contributed by atoms with van der Waals surface area (Å²) in [5.74, 6) is 1.28. The molecule has 0 saturated heterocycles. The molecule has 0 aliphatic carbocycles. The number of benzene rings is 1. The maximum atomic E-state index is 5.54. The zero-order chi connectivity index (χ0) is 10.8. The molecule has 1 aromatic carbocycles. The minimum Gasteiger partial charge on any atom is -0.497 e. The number of aromatic nitrogens is 2. The smallest absolute Gasteiger partial charge is 0.145 e. The number of nitrogens with two attached hydrogens (primary N) is 1. The van der Waals surface area contributed by atoms with Crippen LogP contribution in [0.3, 0.4) is 0 Å². The molecule has 0 unspecified atom stereocenters. The second-order valence-electron chi connectivity index (χ2n) is 3.05. The third kappa shape index (κ3) is 1.97. The summed E-state index contributed by atoms with van der Waals surface area (Å²) in [6.07, 6.45) is 0. The van der Waals surface area contributed by atoms with Gasteiger partial charge in [0, 0.05) is 16.1 Å². The van der Waals surface area contributed by atoms with Crippen LogP contribution in [0.4, 0.5) is 5.82 Å². The lowest BCUT2D eigenvalue weighted by Crippen LogP contribution is -1.85. The molecular formula is C10H10BrN3O. The monoisotopic (exact) mass is 267 g/mol. The summed E-state index contributed by atoms with van der Waals surface area (Å²) in [7, 11) is 1.63. The highest BCUT2D eigenvalue weighted by Gasteiger charge is 2.06. The molecule has 0 fully saturated rings. The quantitative estimate of drug-likeness (QED) is 0.879. The van der Waals surface area contributed by atoms with Gasteiger partial charge in [-0.25, -0.2) is 0 Å². The first-order chi connectivity index (χ1) is 7.20. The summed E-state index contributed by atoms with van der Waals surface area (Å²) in [5.41, 5.74) is 7.42. The Morgan fingerprint density at radius 2 is 2.20 bits per heavy atom. The summed E-state index contributed by atoms with van der Waals surface area (Å²) in [6, 6.07) is 7.51. The Balaban J connectivity index is 2.45. The van der Waals surface area contributed by atoms with Crippen LogP contribution in [-0.4, -0.2) is 17.3 Å². The molecule has 15 heavy (non-hydrogen) atoms. The summed E-state index contributed by atoms with van der Waals surface area (Å²) >= 11 is 3.47. The highest BCUT2D eigenvalue weighted by atomic mass is 79.9. The highest BCUT2D eigenvalue weighted by Crippen LogP contribution is 2.30. The number of hydrogen-bond donors (Lipinski definition) is 2. The van der Waals surface area contributed by atoms with Gasteiger partial charge in [-0.15, -0.1) is 0 Å². The van der Waals surface area contributed by atoms with Crippen LogP contribution in [0.1, 0.15) is 0 Å². The van der Waals surface area contributed by atoms with Crippen molar-refractivity contribution in [3.8, 4) is 17.0 Å². The van der Waals surface area contributed by atoms with Gasteiger partial charge in [0.15, 0.2) is 0 Å². The maximum absolute atomic E-state index is 5.54. The first kappa shape index (κ1) is 10.0. The van der Waals surface area contributed by atoms with E-state index in [-0.39, 0.29) is 0 Å². The zero-order valence-corrected chi connectivity index (χ0v) is 9.71. The van der Waals surface area contributed by atoms with Gasteiger partial charge in [0.05, 0.1) is 12.8 Å². The summed E-state index contributed by atoms with van der Waals surface area (Å²) in [6.45, 7) is 0.